The van der Waals surface area contributed by atoms with Crippen molar-refractivity contribution < 1.29 is 8.42 Å². The van der Waals surface area contributed by atoms with Gasteiger partial charge in [-0.05, 0) is 37.3 Å². The maximum absolute atomic E-state index is 12.8. The second kappa shape index (κ2) is 7.78. The maximum atomic E-state index is 12.8. The molecule has 0 aliphatic carbocycles. The van der Waals surface area contributed by atoms with E-state index in [0.717, 1.165) is 29.3 Å². The van der Waals surface area contributed by atoms with Gasteiger partial charge < -0.3 is 5.73 Å². The zero-order chi connectivity index (χ0) is 16.4. The molecule has 2 N–H and O–H groups in total. The summed E-state index contributed by atoms with van der Waals surface area (Å²) in [6, 6.07) is 9.51. The Balaban J connectivity index is 0.00000208. The lowest BCUT2D eigenvalue weighted by molar-refractivity contribution is 0.243. The zero-order valence-corrected chi connectivity index (χ0v) is 15.4. The first-order chi connectivity index (χ1) is 11.0. The number of sulfonamides is 1. The van der Waals surface area contributed by atoms with E-state index in [0.29, 0.717) is 13.1 Å². The molecule has 2 heterocycles. The molecule has 7 heteroatoms. The Morgan fingerprint density at radius 3 is 2.83 bits per heavy atom. The van der Waals surface area contributed by atoms with Crippen molar-refractivity contribution in [1.29, 1.82) is 0 Å². The standard InChI is InChI=1S/C17H23N3O2S.ClH/c1-13(18)15-8-4-10-20(11-15)23(21,22)12-16-6-2-5-14-7-3-9-19-17(14)16;/h2-3,5-7,9,13,15H,4,8,10-12,18H2,1H3;1H. The highest BCUT2D eigenvalue weighted by atomic mass is 35.5. The highest BCUT2D eigenvalue weighted by Gasteiger charge is 2.30. The monoisotopic (exact) mass is 369 g/mol. The number of para-hydroxylation sites is 1. The number of piperidine rings is 1. The molecule has 1 aliphatic heterocycles. The minimum atomic E-state index is -3.36. The van der Waals surface area contributed by atoms with Gasteiger partial charge in [-0.1, -0.05) is 24.3 Å². The highest BCUT2D eigenvalue weighted by molar-refractivity contribution is 7.88. The molecule has 2 unspecified atom stereocenters. The lowest BCUT2D eigenvalue weighted by Gasteiger charge is -2.33. The Bertz CT molecular complexity index is 790. The van der Waals surface area contributed by atoms with E-state index in [-0.39, 0.29) is 30.1 Å². The number of benzene rings is 1. The van der Waals surface area contributed by atoms with Crippen LogP contribution in [0.2, 0.25) is 0 Å². The normalized spacial score (nSPS) is 20.5. The minimum absolute atomic E-state index is 0. The zero-order valence-electron chi connectivity index (χ0n) is 13.8. The molecular formula is C17H24ClN3O2S. The summed E-state index contributed by atoms with van der Waals surface area (Å²) in [7, 11) is -3.36. The van der Waals surface area contributed by atoms with Crippen LogP contribution in [0.15, 0.2) is 36.5 Å². The molecule has 0 bridgehead atoms. The summed E-state index contributed by atoms with van der Waals surface area (Å²) in [6.45, 7) is 3.07. The molecule has 5 nitrogen and oxygen atoms in total. The fourth-order valence-electron chi connectivity index (χ4n) is 3.23. The lowest BCUT2D eigenvalue weighted by Crippen LogP contribution is -2.45. The van der Waals surface area contributed by atoms with Crippen molar-refractivity contribution in [2.75, 3.05) is 13.1 Å². The maximum Gasteiger partial charge on any atom is 0.218 e. The van der Waals surface area contributed by atoms with Crippen molar-refractivity contribution in [3.8, 4) is 0 Å². The molecule has 3 rings (SSSR count). The first-order valence-electron chi connectivity index (χ1n) is 8.03. The Hall–Kier alpha value is -1.21. The average Bonchev–Trinajstić information content (AvgIpc) is 2.55. The van der Waals surface area contributed by atoms with Crippen LogP contribution in [0.1, 0.15) is 25.3 Å². The molecule has 1 aromatic heterocycles. The molecule has 2 aromatic rings. The summed E-state index contributed by atoms with van der Waals surface area (Å²) in [6.07, 6.45) is 3.57. The number of pyridine rings is 1. The summed E-state index contributed by atoms with van der Waals surface area (Å²) < 4.78 is 27.3. The van der Waals surface area contributed by atoms with Crippen LogP contribution in [0.4, 0.5) is 0 Å². The van der Waals surface area contributed by atoms with Gasteiger partial charge in [0.05, 0.1) is 11.3 Å². The molecule has 24 heavy (non-hydrogen) atoms. The summed E-state index contributed by atoms with van der Waals surface area (Å²) in [5.41, 5.74) is 7.49. The number of nitrogens with zero attached hydrogens (tertiary/aromatic N) is 2. The van der Waals surface area contributed by atoms with Crippen LogP contribution in [-0.2, 0) is 15.8 Å². The molecule has 2 atom stereocenters. The van der Waals surface area contributed by atoms with Gasteiger partial charge in [0.15, 0.2) is 0 Å². The number of halogens is 1. The molecule has 0 spiro atoms. The van der Waals surface area contributed by atoms with Crippen LogP contribution in [-0.4, -0.2) is 36.8 Å². The third-order valence-corrected chi connectivity index (χ3v) is 6.41. The molecular weight excluding hydrogens is 346 g/mol. The van der Waals surface area contributed by atoms with Crippen molar-refractivity contribution in [2.45, 2.75) is 31.6 Å². The van der Waals surface area contributed by atoms with Gasteiger partial charge in [-0.25, -0.2) is 12.7 Å². The molecule has 0 saturated carbocycles. The van der Waals surface area contributed by atoms with Crippen molar-refractivity contribution in [3.63, 3.8) is 0 Å². The largest absolute Gasteiger partial charge is 0.328 e. The molecule has 0 amide bonds. The van der Waals surface area contributed by atoms with E-state index in [9.17, 15) is 8.42 Å². The summed E-state index contributed by atoms with van der Waals surface area (Å²) in [5.74, 6) is 0.233. The molecule has 132 valence electrons. The molecule has 1 saturated heterocycles. The van der Waals surface area contributed by atoms with Crippen LogP contribution < -0.4 is 5.73 Å². The van der Waals surface area contributed by atoms with Crippen molar-refractivity contribution in [1.82, 2.24) is 9.29 Å². The molecule has 1 aromatic carbocycles. The van der Waals surface area contributed by atoms with Gasteiger partial charge in [-0.3, -0.25) is 4.98 Å². The van der Waals surface area contributed by atoms with E-state index in [1.165, 1.54) is 0 Å². The number of hydrogen-bond donors (Lipinski definition) is 1. The van der Waals surface area contributed by atoms with Crippen molar-refractivity contribution in [3.05, 3.63) is 42.1 Å². The second-order valence-electron chi connectivity index (χ2n) is 6.37. The highest BCUT2D eigenvalue weighted by Crippen LogP contribution is 2.25. The van der Waals surface area contributed by atoms with Gasteiger partial charge in [0.25, 0.3) is 0 Å². The van der Waals surface area contributed by atoms with E-state index in [1.807, 2.05) is 37.3 Å². The van der Waals surface area contributed by atoms with Gasteiger partial charge in [-0.15, -0.1) is 12.4 Å². The fourth-order valence-corrected chi connectivity index (χ4v) is 4.86. The quantitative estimate of drug-likeness (QED) is 0.898. The van der Waals surface area contributed by atoms with Gasteiger partial charge >= 0.3 is 0 Å². The predicted molar refractivity (Wildman–Crippen MR) is 99.6 cm³/mol. The van der Waals surface area contributed by atoms with Crippen LogP contribution in [0, 0.1) is 5.92 Å². The van der Waals surface area contributed by atoms with E-state index < -0.39 is 10.0 Å². The van der Waals surface area contributed by atoms with Crippen LogP contribution in [0.25, 0.3) is 10.9 Å². The molecule has 1 fully saturated rings. The van der Waals surface area contributed by atoms with E-state index in [4.69, 9.17) is 5.73 Å². The van der Waals surface area contributed by atoms with Crippen LogP contribution in [0.5, 0.6) is 0 Å². The predicted octanol–water partition coefficient (Wildman–Crippen LogP) is 2.55. The second-order valence-corrected chi connectivity index (χ2v) is 8.34. The Morgan fingerprint density at radius 2 is 2.08 bits per heavy atom. The van der Waals surface area contributed by atoms with Gasteiger partial charge in [0, 0.05) is 30.7 Å². The third kappa shape index (κ3) is 4.06. The number of nitrogens with two attached hydrogens (primary N) is 1. The Kier molecular flexibility index (Phi) is 6.20. The summed E-state index contributed by atoms with van der Waals surface area (Å²) >= 11 is 0. The first-order valence-corrected chi connectivity index (χ1v) is 9.64. The van der Waals surface area contributed by atoms with E-state index in [1.54, 1.807) is 10.5 Å². The van der Waals surface area contributed by atoms with Crippen molar-refractivity contribution >= 4 is 33.3 Å². The van der Waals surface area contributed by atoms with E-state index in [2.05, 4.69) is 4.98 Å². The molecule has 0 radical (unpaired) electrons. The van der Waals surface area contributed by atoms with Gasteiger partial charge in [0.1, 0.15) is 0 Å². The Morgan fingerprint density at radius 1 is 1.33 bits per heavy atom. The van der Waals surface area contributed by atoms with Crippen LogP contribution >= 0.6 is 12.4 Å². The smallest absolute Gasteiger partial charge is 0.218 e. The Labute approximate surface area is 149 Å². The summed E-state index contributed by atoms with van der Waals surface area (Å²) in [5, 5.41) is 0.965. The van der Waals surface area contributed by atoms with E-state index >= 15 is 0 Å². The molecule has 1 aliphatic rings. The fraction of sp³-hybridized carbons (Fsp3) is 0.471. The number of aromatic nitrogens is 1. The van der Waals surface area contributed by atoms with Crippen LogP contribution in [0.3, 0.4) is 0 Å². The summed E-state index contributed by atoms with van der Waals surface area (Å²) in [4.78, 5) is 4.35. The van der Waals surface area contributed by atoms with Gasteiger partial charge in [0.2, 0.25) is 10.0 Å². The average molecular weight is 370 g/mol. The van der Waals surface area contributed by atoms with Crippen molar-refractivity contribution in [2.24, 2.45) is 11.7 Å². The van der Waals surface area contributed by atoms with Gasteiger partial charge in [-0.2, -0.15) is 0 Å². The minimum Gasteiger partial charge on any atom is -0.328 e. The SMILES string of the molecule is CC(N)C1CCCN(S(=O)(=O)Cc2cccc3cccnc23)C1.Cl. The third-order valence-electron chi connectivity index (χ3n) is 4.61. The number of fused-ring (bicyclic) bond motifs is 1. The first kappa shape index (κ1) is 19.1. The number of rotatable bonds is 4. The lowest BCUT2D eigenvalue weighted by atomic mass is 9.93. The number of hydrogen-bond acceptors (Lipinski definition) is 4. The topological polar surface area (TPSA) is 76.3 Å².